The number of hydrogen-bond donors (Lipinski definition) is 1. The molecule has 0 bridgehead atoms. The molecule has 2 rings (SSSR count). The van der Waals surface area contributed by atoms with Crippen LogP contribution in [-0.4, -0.2) is 26.8 Å². The van der Waals surface area contributed by atoms with Crippen molar-refractivity contribution in [2.45, 2.75) is 33.4 Å². The van der Waals surface area contributed by atoms with E-state index < -0.39 is 0 Å². The van der Waals surface area contributed by atoms with Crippen LogP contribution in [0, 0.1) is 5.92 Å². The van der Waals surface area contributed by atoms with E-state index in [0.717, 1.165) is 6.54 Å². The predicted molar refractivity (Wildman–Crippen MR) is 71.8 cm³/mol. The van der Waals surface area contributed by atoms with Crippen LogP contribution in [0.5, 0.6) is 0 Å². The average Bonchev–Trinajstić information content (AvgIpc) is 2.67. The largest absolute Gasteiger partial charge is 0.350 e. The second kappa shape index (κ2) is 5.35. The summed E-state index contributed by atoms with van der Waals surface area (Å²) in [5.41, 5.74) is 0.615. The Morgan fingerprint density at radius 2 is 2.11 bits per heavy atom. The lowest BCUT2D eigenvalue weighted by molar-refractivity contribution is 0.408. The van der Waals surface area contributed by atoms with Gasteiger partial charge < -0.3 is 5.32 Å². The van der Waals surface area contributed by atoms with Gasteiger partial charge in [-0.15, -0.1) is 5.10 Å². The molecule has 18 heavy (non-hydrogen) atoms. The quantitative estimate of drug-likeness (QED) is 0.863. The average molecular weight is 248 g/mol. The van der Waals surface area contributed by atoms with Gasteiger partial charge in [-0.2, -0.15) is 0 Å². The van der Waals surface area contributed by atoms with Gasteiger partial charge in [0.2, 0.25) is 0 Å². The van der Waals surface area contributed by atoms with Crippen LogP contribution in [-0.2, 0) is 6.54 Å². The van der Waals surface area contributed by atoms with Gasteiger partial charge >= 0.3 is 5.69 Å². The Kier molecular flexibility index (Phi) is 3.81. The number of aromatic nitrogens is 3. The number of fused-ring (bicyclic) bond motifs is 1. The molecule has 0 radical (unpaired) electrons. The monoisotopic (exact) mass is 248 g/mol. The molecule has 0 spiro atoms. The summed E-state index contributed by atoms with van der Waals surface area (Å²) in [6, 6.07) is 5.99. The zero-order valence-corrected chi connectivity index (χ0v) is 11.1. The fourth-order valence-electron chi connectivity index (χ4n) is 1.75. The van der Waals surface area contributed by atoms with Crippen molar-refractivity contribution in [1.29, 1.82) is 0 Å². The Morgan fingerprint density at radius 3 is 2.78 bits per heavy atom. The highest BCUT2D eigenvalue weighted by atomic mass is 16.2. The van der Waals surface area contributed by atoms with Crippen molar-refractivity contribution in [3.63, 3.8) is 0 Å². The van der Waals surface area contributed by atoms with Gasteiger partial charge in [0.15, 0.2) is 5.65 Å². The van der Waals surface area contributed by atoms with Crippen molar-refractivity contribution >= 4 is 5.65 Å². The summed E-state index contributed by atoms with van der Waals surface area (Å²) in [6.07, 6.45) is 1.74. The maximum absolute atomic E-state index is 12.0. The van der Waals surface area contributed by atoms with E-state index >= 15 is 0 Å². The van der Waals surface area contributed by atoms with E-state index in [9.17, 15) is 4.79 Å². The van der Waals surface area contributed by atoms with Gasteiger partial charge in [0, 0.05) is 18.8 Å². The Bertz CT molecular complexity index is 570. The second-order valence-corrected chi connectivity index (χ2v) is 4.92. The van der Waals surface area contributed by atoms with Gasteiger partial charge in [-0.1, -0.05) is 19.9 Å². The third-order valence-electron chi connectivity index (χ3n) is 3.28. The number of nitrogens with zero attached hydrogens (tertiary/aromatic N) is 3. The molecule has 98 valence electrons. The Balaban J connectivity index is 2.04. The molecule has 0 saturated heterocycles. The standard InChI is InChI=1S/C13H20N4O/c1-10(2)11(3)14-7-9-17-13(18)16-8-5-4-6-12(16)15-17/h4-6,8,10-11,14H,7,9H2,1-3H3. The van der Waals surface area contributed by atoms with Crippen LogP contribution in [0.4, 0.5) is 0 Å². The highest BCUT2D eigenvalue weighted by Crippen LogP contribution is 1.99. The number of nitrogens with one attached hydrogen (secondary N) is 1. The van der Waals surface area contributed by atoms with Crippen LogP contribution < -0.4 is 11.0 Å². The Labute approximate surface area is 106 Å². The van der Waals surface area contributed by atoms with E-state index in [0.29, 0.717) is 24.2 Å². The molecule has 1 N–H and O–H groups in total. The second-order valence-electron chi connectivity index (χ2n) is 4.92. The third kappa shape index (κ3) is 2.61. The van der Waals surface area contributed by atoms with Crippen molar-refractivity contribution in [2.75, 3.05) is 6.54 Å². The van der Waals surface area contributed by atoms with E-state index in [-0.39, 0.29) is 5.69 Å². The molecule has 5 nitrogen and oxygen atoms in total. The molecule has 0 aromatic carbocycles. The fraction of sp³-hybridized carbons (Fsp3) is 0.538. The molecule has 0 saturated carbocycles. The van der Waals surface area contributed by atoms with Gasteiger partial charge in [-0.25, -0.2) is 9.48 Å². The first kappa shape index (κ1) is 12.8. The van der Waals surface area contributed by atoms with E-state index in [4.69, 9.17) is 0 Å². The molecular weight excluding hydrogens is 228 g/mol. The molecule has 0 aliphatic rings. The first-order valence-corrected chi connectivity index (χ1v) is 6.37. The summed E-state index contributed by atoms with van der Waals surface area (Å²) < 4.78 is 3.07. The summed E-state index contributed by atoms with van der Waals surface area (Å²) in [7, 11) is 0. The van der Waals surface area contributed by atoms with Crippen LogP contribution in [0.15, 0.2) is 29.2 Å². The van der Waals surface area contributed by atoms with Gasteiger partial charge in [0.1, 0.15) is 0 Å². The van der Waals surface area contributed by atoms with Crippen LogP contribution in [0.1, 0.15) is 20.8 Å². The topological polar surface area (TPSA) is 51.3 Å². The van der Waals surface area contributed by atoms with Gasteiger partial charge in [-0.3, -0.25) is 4.40 Å². The highest BCUT2D eigenvalue weighted by molar-refractivity contribution is 5.35. The summed E-state index contributed by atoms with van der Waals surface area (Å²) in [4.78, 5) is 12.0. The normalized spacial score (nSPS) is 13.3. The van der Waals surface area contributed by atoms with Crippen LogP contribution in [0.2, 0.25) is 0 Å². The van der Waals surface area contributed by atoms with E-state index in [1.54, 1.807) is 10.6 Å². The first-order valence-electron chi connectivity index (χ1n) is 6.37. The van der Waals surface area contributed by atoms with Crippen LogP contribution in [0.25, 0.3) is 5.65 Å². The van der Waals surface area contributed by atoms with Crippen molar-refractivity contribution < 1.29 is 0 Å². The van der Waals surface area contributed by atoms with Crippen LogP contribution in [0.3, 0.4) is 0 Å². The van der Waals surface area contributed by atoms with Crippen molar-refractivity contribution in [3.05, 3.63) is 34.9 Å². The lowest BCUT2D eigenvalue weighted by Gasteiger charge is -2.16. The molecule has 2 heterocycles. The van der Waals surface area contributed by atoms with E-state index in [1.165, 1.54) is 4.68 Å². The van der Waals surface area contributed by atoms with Crippen molar-refractivity contribution in [3.8, 4) is 0 Å². The molecule has 1 unspecified atom stereocenters. The lowest BCUT2D eigenvalue weighted by atomic mass is 10.1. The molecule has 0 amide bonds. The maximum atomic E-state index is 12.0. The van der Waals surface area contributed by atoms with Gasteiger partial charge in [0.25, 0.3) is 0 Å². The molecule has 1 atom stereocenters. The smallest absolute Gasteiger partial charge is 0.312 e. The zero-order chi connectivity index (χ0) is 13.1. The molecule has 2 aromatic rings. The molecule has 0 fully saturated rings. The summed E-state index contributed by atoms with van der Waals surface area (Å²) in [5, 5.41) is 7.67. The first-order chi connectivity index (χ1) is 8.59. The molecule has 5 heteroatoms. The number of rotatable bonds is 5. The minimum absolute atomic E-state index is 0.0791. The SMILES string of the molecule is CC(C)C(C)NCCn1nc2ccccn2c1=O. The minimum Gasteiger partial charge on any atom is -0.312 e. The summed E-state index contributed by atoms with van der Waals surface area (Å²) in [5.74, 6) is 0.586. The Hall–Kier alpha value is -1.62. The van der Waals surface area contributed by atoms with Gasteiger partial charge in [-0.05, 0) is 25.0 Å². The number of pyridine rings is 1. The molecule has 0 aliphatic heterocycles. The predicted octanol–water partition coefficient (Wildman–Crippen LogP) is 1.13. The summed E-state index contributed by atoms with van der Waals surface area (Å²) >= 11 is 0. The summed E-state index contributed by atoms with van der Waals surface area (Å²) in [6.45, 7) is 7.85. The van der Waals surface area contributed by atoms with Crippen molar-refractivity contribution in [2.24, 2.45) is 5.92 Å². The van der Waals surface area contributed by atoms with Crippen molar-refractivity contribution in [1.82, 2.24) is 19.5 Å². The highest BCUT2D eigenvalue weighted by Gasteiger charge is 2.08. The van der Waals surface area contributed by atoms with E-state index in [1.807, 2.05) is 18.2 Å². The lowest BCUT2D eigenvalue weighted by Crippen LogP contribution is -2.35. The zero-order valence-electron chi connectivity index (χ0n) is 11.1. The Morgan fingerprint density at radius 1 is 1.33 bits per heavy atom. The third-order valence-corrected chi connectivity index (χ3v) is 3.28. The fourth-order valence-corrected chi connectivity index (χ4v) is 1.75. The number of hydrogen-bond acceptors (Lipinski definition) is 3. The van der Waals surface area contributed by atoms with E-state index in [2.05, 4.69) is 31.2 Å². The molecule has 2 aromatic heterocycles. The van der Waals surface area contributed by atoms with Gasteiger partial charge in [0.05, 0.1) is 6.54 Å². The minimum atomic E-state index is -0.0791. The maximum Gasteiger partial charge on any atom is 0.350 e. The molecule has 0 aliphatic carbocycles. The molecular formula is C13H20N4O. The van der Waals surface area contributed by atoms with Crippen LogP contribution >= 0.6 is 0 Å².